The molecule has 0 heterocycles. The van der Waals surface area contributed by atoms with Gasteiger partial charge in [0.1, 0.15) is 5.75 Å². The number of hydrogen-bond donors (Lipinski definition) is 1. The molecule has 1 atom stereocenters. The van der Waals surface area contributed by atoms with E-state index in [-0.39, 0.29) is 11.5 Å². The molecule has 0 saturated heterocycles. The predicted octanol–water partition coefficient (Wildman–Crippen LogP) is 4.44. The van der Waals surface area contributed by atoms with Crippen LogP contribution in [0.5, 0.6) is 5.75 Å². The van der Waals surface area contributed by atoms with Gasteiger partial charge in [-0.15, -0.1) is 0 Å². The van der Waals surface area contributed by atoms with Gasteiger partial charge in [0.2, 0.25) is 0 Å². The summed E-state index contributed by atoms with van der Waals surface area (Å²) < 4.78 is 5.47. The molecule has 3 heteroatoms. The maximum absolute atomic E-state index is 6.13. The van der Waals surface area contributed by atoms with Gasteiger partial charge in [-0.25, -0.2) is 0 Å². The number of halogens is 1. The fourth-order valence-corrected chi connectivity index (χ4v) is 2.33. The van der Waals surface area contributed by atoms with Crippen LogP contribution in [0.15, 0.2) is 18.2 Å². The Morgan fingerprint density at radius 1 is 1.33 bits per heavy atom. The number of benzene rings is 1. The molecule has 1 unspecified atom stereocenters. The van der Waals surface area contributed by atoms with Crippen LogP contribution in [-0.2, 0) is 0 Å². The van der Waals surface area contributed by atoms with E-state index < -0.39 is 0 Å². The number of methoxy groups -OCH3 is 1. The molecule has 0 aliphatic rings. The van der Waals surface area contributed by atoms with Gasteiger partial charge < -0.3 is 10.1 Å². The van der Waals surface area contributed by atoms with E-state index in [1.54, 1.807) is 7.11 Å². The molecule has 1 rings (SSSR count). The zero-order valence-corrected chi connectivity index (χ0v) is 12.8. The third kappa shape index (κ3) is 3.39. The van der Waals surface area contributed by atoms with E-state index in [4.69, 9.17) is 16.3 Å². The lowest BCUT2D eigenvalue weighted by molar-refractivity contribution is 0.232. The van der Waals surface area contributed by atoms with Crippen LogP contribution in [0.25, 0.3) is 0 Å². The zero-order valence-electron chi connectivity index (χ0n) is 12.0. The normalized spacial score (nSPS) is 13.4. The molecule has 0 aliphatic carbocycles. The summed E-state index contributed by atoms with van der Waals surface area (Å²) in [6, 6.07) is 6.05. The molecule has 0 amide bonds. The monoisotopic (exact) mass is 269 g/mol. The smallest absolute Gasteiger partial charge is 0.123 e. The molecule has 0 saturated carbocycles. The van der Waals surface area contributed by atoms with Crippen molar-refractivity contribution in [3.8, 4) is 5.75 Å². The minimum Gasteiger partial charge on any atom is -0.496 e. The molecule has 2 nitrogen and oxygen atoms in total. The van der Waals surface area contributed by atoms with Crippen molar-refractivity contribution in [1.82, 2.24) is 5.32 Å². The van der Waals surface area contributed by atoms with Crippen LogP contribution >= 0.6 is 11.6 Å². The molecule has 1 N–H and O–H groups in total. The summed E-state index contributed by atoms with van der Waals surface area (Å²) in [6.45, 7) is 9.78. The average Bonchev–Trinajstić information content (AvgIpc) is 2.35. The molecule has 0 aliphatic heterocycles. The van der Waals surface area contributed by atoms with Crippen molar-refractivity contribution in [3.63, 3.8) is 0 Å². The van der Waals surface area contributed by atoms with E-state index in [0.29, 0.717) is 0 Å². The molecule has 1 aromatic carbocycles. The Balaban J connectivity index is 3.24. The van der Waals surface area contributed by atoms with Crippen molar-refractivity contribution in [2.45, 2.75) is 40.2 Å². The first-order valence-electron chi connectivity index (χ1n) is 6.53. The van der Waals surface area contributed by atoms with Crippen LogP contribution in [0.4, 0.5) is 0 Å². The topological polar surface area (TPSA) is 21.3 Å². The van der Waals surface area contributed by atoms with Crippen LogP contribution in [0, 0.1) is 5.41 Å². The standard InChI is InChI=1S/C15H24ClNO/c1-6-15(3,4)14(17-7-2)12-10-11(16)8-9-13(12)18-5/h8-10,14,17H,6-7H2,1-5H3. The van der Waals surface area contributed by atoms with Crippen molar-refractivity contribution < 1.29 is 4.74 Å². The second-order valence-electron chi connectivity index (χ2n) is 5.22. The summed E-state index contributed by atoms with van der Waals surface area (Å²) in [4.78, 5) is 0. The molecule has 0 aromatic heterocycles. The maximum Gasteiger partial charge on any atom is 0.123 e. The number of hydrogen-bond acceptors (Lipinski definition) is 2. The van der Waals surface area contributed by atoms with E-state index in [0.717, 1.165) is 29.3 Å². The molecule has 0 fully saturated rings. The van der Waals surface area contributed by atoms with Gasteiger partial charge >= 0.3 is 0 Å². The van der Waals surface area contributed by atoms with Crippen LogP contribution < -0.4 is 10.1 Å². The summed E-state index contributed by atoms with van der Waals surface area (Å²) in [5.74, 6) is 0.895. The van der Waals surface area contributed by atoms with Gasteiger partial charge in [0.15, 0.2) is 0 Å². The summed E-state index contributed by atoms with van der Waals surface area (Å²) in [5, 5.41) is 4.30. The Labute approximate surface area is 116 Å². The molecule has 102 valence electrons. The van der Waals surface area contributed by atoms with Gasteiger partial charge in [-0.05, 0) is 36.6 Å². The molecule has 0 spiro atoms. The van der Waals surface area contributed by atoms with Crippen LogP contribution in [0.3, 0.4) is 0 Å². The van der Waals surface area contributed by atoms with Gasteiger partial charge in [-0.1, -0.05) is 39.3 Å². The van der Waals surface area contributed by atoms with Gasteiger partial charge in [-0.3, -0.25) is 0 Å². The van der Waals surface area contributed by atoms with Crippen molar-refractivity contribution in [2.75, 3.05) is 13.7 Å². The fraction of sp³-hybridized carbons (Fsp3) is 0.600. The summed E-state index contributed by atoms with van der Waals surface area (Å²) in [5.41, 5.74) is 1.28. The summed E-state index contributed by atoms with van der Waals surface area (Å²) in [7, 11) is 1.70. The van der Waals surface area contributed by atoms with Crippen molar-refractivity contribution >= 4 is 11.6 Å². The van der Waals surface area contributed by atoms with Crippen molar-refractivity contribution in [2.24, 2.45) is 5.41 Å². The molecule has 18 heavy (non-hydrogen) atoms. The minimum atomic E-state index is 0.147. The van der Waals surface area contributed by atoms with Crippen LogP contribution in [-0.4, -0.2) is 13.7 Å². The molecule has 0 radical (unpaired) electrons. The van der Waals surface area contributed by atoms with E-state index in [1.165, 1.54) is 0 Å². The Hall–Kier alpha value is -0.730. The summed E-state index contributed by atoms with van der Waals surface area (Å²) in [6.07, 6.45) is 1.08. The number of rotatable bonds is 6. The Morgan fingerprint density at radius 3 is 2.50 bits per heavy atom. The largest absolute Gasteiger partial charge is 0.496 e. The predicted molar refractivity (Wildman–Crippen MR) is 78.5 cm³/mol. The Bertz CT molecular complexity index is 390. The zero-order chi connectivity index (χ0) is 13.8. The van der Waals surface area contributed by atoms with E-state index in [2.05, 4.69) is 33.0 Å². The second-order valence-corrected chi connectivity index (χ2v) is 5.66. The first kappa shape index (κ1) is 15.3. The Morgan fingerprint density at radius 2 is 2.00 bits per heavy atom. The number of ether oxygens (including phenoxy) is 1. The third-order valence-electron chi connectivity index (χ3n) is 3.60. The first-order chi connectivity index (χ1) is 8.46. The lowest BCUT2D eigenvalue weighted by Gasteiger charge is -2.35. The van der Waals surface area contributed by atoms with Crippen molar-refractivity contribution in [1.29, 1.82) is 0 Å². The molecular weight excluding hydrogens is 246 g/mol. The third-order valence-corrected chi connectivity index (χ3v) is 3.84. The lowest BCUT2D eigenvalue weighted by atomic mass is 9.78. The lowest BCUT2D eigenvalue weighted by Crippen LogP contribution is -2.34. The molecular formula is C15H24ClNO. The van der Waals surface area contributed by atoms with E-state index in [1.807, 2.05) is 18.2 Å². The quantitative estimate of drug-likeness (QED) is 0.825. The summed E-state index contributed by atoms with van der Waals surface area (Å²) >= 11 is 6.13. The van der Waals surface area contributed by atoms with Crippen molar-refractivity contribution in [3.05, 3.63) is 28.8 Å². The highest BCUT2D eigenvalue weighted by molar-refractivity contribution is 6.30. The van der Waals surface area contributed by atoms with Gasteiger partial charge in [0.05, 0.1) is 7.11 Å². The highest BCUT2D eigenvalue weighted by atomic mass is 35.5. The van der Waals surface area contributed by atoms with E-state index >= 15 is 0 Å². The van der Waals surface area contributed by atoms with Crippen LogP contribution in [0.1, 0.15) is 45.7 Å². The van der Waals surface area contributed by atoms with Gasteiger partial charge in [0.25, 0.3) is 0 Å². The highest BCUT2D eigenvalue weighted by Crippen LogP contribution is 2.40. The Kier molecular flexibility index (Phi) is 5.48. The molecule has 1 aromatic rings. The van der Waals surface area contributed by atoms with Crippen LogP contribution in [0.2, 0.25) is 5.02 Å². The minimum absolute atomic E-state index is 0.147. The van der Waals surface area contributed by atoms with Gasteiger partial charge in [0, 0.05) is 16.6 Å². The average molecular weight is 270 g/mol. The first-order valence-corrected chi connectivity index (χ1v) is 6.90. The highest BCUT2D eigenvalue weighted by Gasteiger charge is 2.30. The van der Waals surface area contributed by atoms with E-state index in [9.17, 15) is 0 Å². The second kappa shape index (κ2) is 6.44. The number of nitrogens with one attached hydrogen (secondary N) is 1. The van der Waals surface area contributed by atoms with Gasteiger partial charge in [-0.2, -0.15) is 0 Å². The SMILES string of the molecule is CCNC(c1cc(Cl)ccc1OC)C(C)(C)CC. The molecule has 0 bridgehead atoms. The fourth-order valence-electron chi connectivity index (χ4n) is 2.15. The maximum atomic E-state index is 6.13.